The van der Waals surface area contributed by atoms with E-state index in [9.17, 15) is 12.8 Å². The molecule has 1 aromatic heterocycles. The number of rotatable bonds is 3. The van der Waals surface area contributed by atoms with Gasteiger partial charge in [0.05, 0.1) is 16.1 Å². The molecule has 0 aliphatic heterocycles. The number of hydrogen-bond donors (Lipinski definition) is 1. The van der Waals surface area contributed by atoms with E-state index in [0.29, 0.717) is 11.2 Å². The molecule has 7 heteroatoms. The monoisotopic (exact) mass is 380 g/mol. The van der Waals surface area contributed by atoms with E-state index in [0.717, 1.165) is 22.0 Å². The van der Waals surface area contributed by atoms with E-state index in [1.165, 1.54) is 12.1 Å². The van der Waals surface area contributed by atoms with Gasteiger partial charge in [-0.3, -0.25) is 9.71 Å². The van der Waals surface area contributed by atoms with E-state index < -0.39 is 15.8 Å². The van der Waals surface area contributed by atoms with Gasteiger partial charge in [0.15, 0.2) is 0 Å². The Morgan fingerprint density at radius 3 is 2.50 bits per heavy atom. The minimum atomic E-state index is -3.81. The second-order valence-electron chi connectivity index (χ2n) is 4.55. The van der Waals surface area contributed by atoms with E-state index in [4.69, 9.17) is 0 Å². The standard InChI is InChI=1S/C15H10BrFN2O2S/c16-13-7-8-14(15-12(13)2-1-9-18-15)19-22(20,21)11-5-3-10(17)4-6-11/h1-9,19H. The van der Waals surface area contributed by atoms with E-state index in [-0.39, 0.29) is 4.90 Å². The molecule has 0 aliphatic rings. The number of anilines is 1. The fraction of sp³-hybridized carbons (Fsp3) is 0. The normalized spacial score (nSPS) is 11.5. The van der Waals surface area contributed by atoms with Crippen molar-refractivity contribution in [3.8, 4) is 0 Å². The van der Waals surface area contributed by atoms with Crippen LogP contribution in [-0.2, 0) is 10.0 Å². The first kappa shape index (κ1) is 14.9. The summed E-state index contributed by atoms with van der Waals surface area (Å²) in [5.41, 5.74) is 0.894. The Balaban J connectivity index is 2.06. The zero-order valence-corrected chi connectivity index (χ0v) is 13.5. The number of hydrogen-bond acceptors (Lipinski definition) is 3. The molecule has 0 saturated heterocycles. The Hall–Kier alpha value is -1.99. The molecule has 0 spiro atoms. The second kappa shape index (κ2) is 5.66. The van der Waals surface area contributed by atoms with Crippen LogP contribution in [-0.4, -0.2) is 13.4 Å². The highest BCUT2D eigenvalue weighted by Crippen LogP contribution is 2.29. The van der Waals surface area contributed by atoms with Crippen LogP contribution in [0.2, 0.25) is 0 Å². The summed E-state index contributed by atoms with van der Waals surface area (Å²) >= 11 is 3.40. The van der Waals surface area contributed by atoms with Gasteiger partial charge in [-0.15, -0.1) is 0 Å². The van der Waals surface area contributed by atoms with Crippen molar-refractivity contribution < 1.29 is 12.8 Å². The van der Waals surface area contributed by atoms with Crippen molar-refractivity contribution in [3.63, 3.8) is 0 Å². The lowest BCUT2D eigenvalue weighted by atomic mass is 10.2. The third-order valence-electron chi connectivity index (χ3n) is 3.08. The van der Waals surface area contributed by atoms with Crippen LogP contribution in [0.4, 0.5) is 10.1 Å². The van der Waals surface area contributed by atoms with Gasteiger partial charge in [-0.25, -0.2) is 12.8 Å². The maximum atomic E-state index is 12.9. The molecule has 22 heavy (non-hydrogen) atoms. The van der Waals surface area contributed by atoms with Crippen LogP contribution in [0.25, 0.3) is 10.9 Å². The molecule has 2 aromatic carbocycles. The van der Waals surface area contributed by atoms with Crippen molar-refractivity contribution in [1.29, 1.82) is 0 Å². The van der Waals surface area contributed by atoms with Gasteiger partial charge >= 0.3 is 0 Å². The minimum Gasteiger partial charge on any atom is -0.277 e. The molecule has 4 nitrogen and oxygen atoms in total. The first-order valence-corrected chi connectivity index (χ1v) is 8.56. The number of halogens is 2. The first-order valence-electron chi connectivity index (χ1n) is 6.29. The third kappa shape index (κ3) is 2.82. The summed E-state index contributed by atoms with van der Waals surface area (Å²) in [5, 5.41) is 0.793. The summed E-state index contributed by atoms with van der Waals surface area (Å²) < 4.78 is 41.0. The Labute approximate surface area is 135 Å². The van der Waals surface area contributed by atoms with Gasteiger partial charge in [-0.2, -0.15) is 0 Å². The molecule has 0 saturated carbocycles. The van der Waals surface area contributed by atoms with Crippen LogP contribution in [0.3, 0.4) is 0 Å². The summed E-state index contributed by atoms with van der Waals surface area (Å²) in [4.78, 5) is 4.20. The molecule has 3 rings (SSSR count). The molecule has 0 aliphatic carbocycles. The highest BCUT2D eigenvalue weighted by molar-refractivity contribution is 9.10. The topological polar surface area (TPSA) is 59.1 Å². The van der Waals surface area contributed by atoms with Crippen LogP contribution in [0.5, 0.6) is 0 Å². The maximum absolute atomic E-state index is 12.9. The quantitative estimate of drug-likeness (QED) is 0.748. The predicted octanol–water partition coefficient (Wildman–Crippen LogP) is 3.94. The average molecular weight is 381 g/mol. The number of aromatic nitrogens is 1. The molecule has 0 bridgehead atoms. The summed E-state index contributed by atoms with van der Waals surface area (Å²) in [6.45, 7) is 0. The zero-order valence-electron chi connectivity index (χ0n) is 11.1. The van der Waals surface area contributed by atoms with Crippen molar-refractivity contribution in [2.45, 2.75) is 4.90 Å². The van der Waals surface area contributed by atoms with Crippen molar-refractivity contribution in [3.05, 3.63) is 65.0 Å². The number of sulfonamides is 1. The molecule has 112 valence electrons. The lowest BCUT2D eigenvalue weighted by Gasteiger charge is -2.11. The molecule has 3 aromatic rings. The fourth-order valence-electron chi connectivity index (χ4n) is 2.04. The van der Waals surface area contributed by atoms with Crippen LogP contribution >= 0.6 is 15.9 Å². The van der Waals surface area contributed by atoms with Crippen molar-refractivity contribution in [2.24, 2.45) is 0 Å². The highest BCUT2D eigenvalue weighted by atomic mass is 79.9. The summed E-state index contributed by atoms with van der Waals surface area (Å²) in [7, 11) is -3.81. The number of benzene rings is 2. The molecular formula is C15H10BrFN2O2S. The second-order valence-corrected chi connectivity index (χ2v) is 7.09. The predicted molar refractivity (Wildman–Crippen MR) is 86.7 cm³/mol. The van der Waals surface area contributed by atoms with E-state index in [2.05, 4.69) is 25.6 Å². The van der Waals surface area contributed by atoms with Crippen LogP contribution < -0.4 is 4.72 Å². The van der Waals surface area contributed by atoms with Gasteiger partial charge < -0.3 is 0 Å². The Bertz CT molecular complexity index is 943. The molecule has 0 unspecified atom stereocenters. The van der Waals surface area contributed by atoms with Gasteiger partial charge in [-0.1, -0.05) is 22.0 Å². The summed E-state index contributed by atoms with van der Waals surface area (Å²) in [5.74, 6) is -0.491. The van der Waals surface area contributed by atoms with Gasteiger partial charge in [-0.05, 0) is 42.5 Å². The fourth-order valence-corrected chi connectivity index (χ4v) is 3.56. The molecule has 0 atom stereocenters. The highest BCUT2D eigenvalue weighted by Gasteiger charge is 2.16. The summed E-state index contributed by atoms with van der Waals surface area (Å²) in [6, 6.07) is 11.6. The molecule has 1 heterocycles. The van der Waals surface area contributed by atoms with Crippen molar-refractivity contribution >= 4 is 42.5 Å². The van der Waals surface area contributed by atoms with Crippen LogP contribution in [0.1, 0.15) is 0 Å². The van der Waals surface area contributed by atoms with E-state index in [1.54, 1.807) is 24.4 Å². The largest absolute Gasteiger partial charge is 0.277 e. The van der Waals surface area contributed by atoms with Gasteiger partial charge in [0.2, 0.25) is 0 Å². The van der Waals surface area contributed by atoms with E-state index >= 15 is 0 Å². The lowest BCUT2D eigenvalue weighted by molar-refractivity contribution is 0.599. The third-order valence-corrected chi connectivity index (χ3v) is 5.16. The van der Waals surface area contributed by atoms with Crippen molar-refractivity contribution in [1.82, 2.24) is 4.98 Å². The van der Waals surface area contributed by atoms with Gasteiger partial charge in [0.25, 0.3) is 10.0 Å². The molecule has 0 radical (unpaired) electrons. The van der Waals surface area contributed by atoms with Crippen molar-refractivity contribution in [2.75, 3.05) is 4.72 Å². The minimum absolute atomic E-state index is 0.0131. The number of nitrogens with one attached hydrogen (secondary N) is 1. The zero-order chi connectivity index (χ0) is 15.7. The average Bonchev–Trinajstić information content (AvgIpc) is 2.51. The van der Waals surface area contributed by atoms with Crippen LogP contribution in [0.15, 0.2) is 64.1 Å². The number of pyridine rings is 1. The lowest BCUT2D eigenvalue weighted by Crippen LogP contribution is -2.13. The molecule has 0 fully saturated rings. The maximum Gasteiger partial charge on any atom is 0.261 e. The number of nitrogens with zero attached hydrogens (tertiary/aromatic N) is 1. The summed E-state index contributed by atoms with van der Waals surface area (Å²) in [6.07, 6.45) is 1.59. The van der Waals surface area contributed by atoms with Crippen LogP contribution in [0, 0.1) is 5.82 Å². The van der Waals surface area contributed by atoms with E-state index in [1.807, 2.05) is 6.07 Å². The van der Waals surface area contributed by atoms with Gasteiger partial charge in [0, 0.05) is 16.1 Å². The Kier molecular flexibility index (Phi) is 3.84. The number of fused-ring (bicyclic) bond motifs is 1. The smallest absolute Gasteiger partial charge is 0.261 e. The SMILES string of the molecule is O=S(=O)(Nc1ccc(Br)c2cccnc12)c1ccc(F)cc1. The van der Waals surface area contributed by atoms with Gasteiger partial charge in [0.1, 0.15) is 5.82 Å². The Morgan fingerprint density at radius 1 is 1.05 bits per heavy atom. The first-order chi connectivity index (χ1) is 10.5. The molecular weight excluding hydrogens is 371 g/mol. The Morgan fingerprint density at radius 2 is 1.77 bits per heavy atom. The molecule has 1 N–H and O–H groups in total. The molecule has 0 amide bonds.